The summed E-state index contributed by atoms with van der Waals surface area (Å²) in [6, 6.07) is 6.00. The summed E-state index contributed by atoms with van der Waals surface area (Å²) in [5.41, 5.74) is 2.55. The van der Waals surface area contributed by atoms with Gasteiger partial charge in [-0.2, -0.15) is 0 Å². The Hall–Kier alpha value is -3.83. The maximum atomic E-state index is 14.3. The second-order valence-corrected chi connectivity index (χ2v) is 12.2. The van der Waals surface area contributed by atoms with Gasteiger partial charge in [-0.25, -0.2) is 14.4 Å². The number of amides is 1. The zero-order valence-corrected chi connectivity index (χ0v) is 25.8. The largest absolute Gasteiger partial charge is 0.490 e. The first-order valence-corrected chi connectivity index (χ1v) is 15.8. The quantitative estimate of drug-likeness (QED) is 0.364. The van der Waals surface area contributed by atoms with Crippen molar-refractivity contribution in [3.05, 3.63) is 65.6 Å². The van der Waals surface area contributed by atoms with E-state index in [0.29, 0.717) is 18.1 Å². The van der Waals surface area contributed by atoms with Crippen molar-refractivity contribution in [2.24, 2.45) is 5.92 Å². The van der Waals surface area contributed by atoms with Crippen LogP contribution in [0.25, 0.3) is 0 Å². The summed E-state index contributed by atoms with van der Waals surface area (Å²) in [6.07, 6.45) is 7.62. The van der Waals surface area contributed by atoms with Crippen LogP contribution in [0.2, 0.25) is 0 Å². The van der Waals surface area contributed by atoms with Gasteiger partial charge in [-0.15, -0.1) is 0 Å². The highest BCUT2D eigenvalue weighted by molar-refractivity contribution is 5.97. The third-order valence-electron chi connectivity index (χ3n) is 8.84. The molecule has 0 saturated carbocycles. The molecule has 3 aromatic rings. The van der Waals surface area contributed by atoms with Crippen molar-refractivity contribution < 1.29 is 18.7 Å². The Labute approximate surface area is 258 Å². The molecule has 234 valence electrons. The predicted molar refractivity (Wildman–Crippen MR) is 166 cm³/mol. The lowest BCUT2D eigenvalue weighted by Gasteiger charge is -2.37. The zero-order chi connectivity index (χ0) is 30.6. The number of anilines is 1. The number of piperidine rings is 1. The molecule has 0 spiro atoms. The van der Waals surface area contributed by atoms with Gasteiger partial charge in [0.1, 0.15) is 29.7 Å². The second-order valence-electron chi connectivity index (χ2n) is 12.2. The highest BCUT2D eigenvalue weighted by Gasteiger charge is 2.29. The van der Waals surface area contributed by atoms with Crippen LogP contribution in [-0.4, -0.2) is 88.6 Å². The monoisotopic (exact) mass is 603 g/mol. The van der Waals surface area contributed by atoms with Gasteiger partial charge in [-0.05, 0) is 51.0 Å². The smallest absolute Gasteiger partial charge is 0.257 e. The van der Waals surface area contributed by atoms with Gasteiger partial charge in [-0.3, -0.25) is 14.7 Å². The molecular weight excluding hydrogens is 561 g/mol. The third kappa shape index (κ3) is 6.63. The van der Waals surface area contributed by atoms with Crippen LogP contribution in [0, 0.1) is 11.7 Å². The molecule has 1 N–H and O–H groups in total. The number of halogens is 1. The van der Waals surface area contributed by atoms with Crippen LogP contribution in [0.15, 0.2) is 43.0 Å². The van der Waals surface area contributed by atoms with E-state index in [1.807, 2.05) is 33.0 Å². The molecule has 0 bridgehead atoms. The van der Waals surface area contributed by atoms with Gasteiger partial charge in [0.2, 0.25) is 0 Å². The lowest BCUT2D eigenvalue weighted by atomic mass is 9.99. The summed E-state index contributed by atoms with van der Waals surface area (Å²) in [6.45, 7) is 13.0. The van der Waals surface area contributed by atoms with Crippen LogP contribution in [0.5, 0.6) is 17.2 Å². The van der Waals surface area contributed by atoms with Gasteiger partial charge in [0.15, 0.2) is 11.6 Å². The molecule has 0 unspecified atom stereocenters. The van der Waals surface area contributed by atoms with E-state index in [9.17, 15) is 9.18 Å². The molecule has 2 saturated heterocycles. The van der Waals surface area contributed by atoms with Crippen LogP contribution in [0.1, 0.15) is 55.2 Å². The van der Waals surface area contributed by atoms with E-state index in [1.54, 1.807) is 11.1 Å². The Balaban J connectivity index is 1.13. The zero-order valence-electron chi connectivity index (χ0n) is 25.8. The Morgan fingerprint density at radius 2 is 1.93 bits per heavy atom. The van der Waals surface area contributed by atoms with Crippen LogP contribution in [0.3, 0.4) is 0 Å². The molecule has 44 heavy (non-hydrogen) atoms. The molecule has 3 aliphatic heterocycles. The van der Waals surface area contributed by atoms with Crippen molar-refractivity contribution in [3.63, 3.8) is 0 Å². The van der Waals surface area contributed by atoms with E-state index in [2.05, 4.69) is 30.1 Å². The van der Waals surface area contributed by atoms with Crippen molar-refractivity contribution in [1.29, 1.82) is 0 Å². The van der Waals surface area contributed by atoms with Gasteiger partial charge in [0.25, 0.3) is 5.91 Å². The van der Waals surface area contributed by atoms with Crippen molar-refractivity contribution in [2.75, 3.05) is 50.7 Å². The maximum absolute atomic E-state index is 14.3. The number of hydrogen-bond acceptors (Lipinski definition) is 9. The lowest BCUT2D eigenvalue weighted by Crippen LogP contribution is -2.49. The van der Waals surface area contributed by atoms with Gasteiger partial charge in [-0.1, -0.05) is 0 Å². The summed E-state index contributed by atoms with van der Waals surface area (Å²) < 4.78 is 27.1. The van der Waals surface area contributed by atoms with E-state index in [-0.39, 0.29) is 29.4 Å². The Bertz CT molecular complexity index is 1460. The van der Waals surface area contributed by atoms with Crippen molar-refractivity contribution >= 4 is 11.7 Å². The fraction of sp³-hybridized carbons (Fsp3) is 0.515. The number of nitrogens with zero attached hydrogens (tertiary/aromatic N) is 6. The summed E-state index contributed by atoms with van der Waals surface area (Å²) in [4.78, 5) is 33.1. The molecule has 0 aliphatic carbocycles. The first-order chi connectivity index (χ1) is 21.4. The van der Waals surface area contributed by atoms with Gasteiger partial charge >= 0.3 is 0 Å². The Kier molecular flexibility index (Phi) is 9.22. The van der Waals surface area contributed by atoms with Crippen molar-refractivity contribution in [3.8, 4) is 17.2 Å². The molecule has 0 atom stereocenters. The summed E-state index contributed by atoms with van der Waals surface area (Å²) >= 11 is 0. The normalized spacial score (nSPS) is 17.7. The maximum Gasteiger partial charge on any atom is 0.257 e. The van der Waals surface area contributed by atoms with E-state index < -0.39 is 5.82 Å². The number of benzene rings is 1. The van der Waals surface area contributed by atoms with E-state index in [1.165, 1.54) is 30.1 Å². The fourth-order valence-corrected chi connectivity index (χ4v) is 6.34. The molecule has 3 aliphatic rings. The van der Waals surface area contributed by atoms with Crippen molar-refractivity contribution in [1.82, 2.24) is 30.1 Å². The Morgan fingerprint density at radius 1 is 1.11 bits per heavy atom. The first-order valence-electron chi connectivity index (χ1n) is 15.8. The molecule has 1 aromatic carbocycles. The molecular formula is C33H42FN7O3. The molecule has 2 aromatic heterocycles. The summed E-state index contributed by atoms with van der Waals surface area (Å²) in [5.74, 6) is 2.24. The summed E-state index contributed by atoms with van der Waals surface area (Å²) in [7, 11) is 0. The number of carbonyl (C=O) groups is 1. The lowest BCUT2D eigenvalue weighted by molar-refractivity contribution is 0.0713. The van der Waals surface area contributed by atoms with Crippen LogP contribution in [-0.2, 0) is 13.0 Å². The van der Waals surface area contributed by atoms with E-state index >= 15 is 0 Å². The number of ether oxygens (including phenoxy) is 2. The van der Waals surface area contributed by atoms with Gasteiger partial charge < -0.3 is 24.6 Å². The standard InChI is InChI=1S/C33H42FN7O3/c1-4-41(22(2)3)33(42)26-15-24(34)5-6-29(26)44-31-18-36-21-38-32(31)40-13-8-25(9-14-40)43-30-7-11-37-28-10-12-39(20-27(28)30)19-23-16-35-17-23/h5-7,11,15,18,21-23,25,35H,4,8-10,12-14,16-17,19-20H2,1-3H3. The minimum atomic E-state index is -0.494. The minimum Gasteiger partial charge on any atom is -0.490 e. The molecule has 2 fully saturated rings. The average Bonchev–Trinajstić information content (AvgIpc) is 3.01. The number of fused-ring (bicyclic) bond motifs is 1. The minimum absolute atomic E-state index is 0.0378. The number of hydrogen-bond donors (Lipinski definition) is 1. The molecule has 6 rings (SSSR count). The predicted octanol–water partition coefficient (Wildman–Crippen LogP) is 4.30. The molecule has 1 amide bonds. The SMILES string of the molecule is CCN(C(=O)c1cc(F)ccc1Oc1cncnc1N1CCC(Oc2ccnc3c2CN(CC2CNC2)CC3)CC1)C(C)C. The van der Waals surface area contributed by atoms with Gasteiger partial charge in [0.05, 0.1) is 11.8 Å². The number of rotatable bonds is 10. The number of aromatic nitrogens is 3. The topological polar surface area (TPSA) is 96.0 Å². The van der Waals surface area contributed by atoms with Crippen molar-refractivity contribution in [2.45, 2.75) is 58.7 Å². The number of nitrogens with one attached hydrogen (secondary N) is 1. The van der Waals surface area contributed by atoms with E-state index in [4.69, 9.17) is 9.47 Å². The summed E-state index contributed by atoms with van der Waals surface area (Å²) in [5, 5.41) is 3.37. The van der Waals surface area contributed by atoms with Crippen LogP contribution >= 0.6 is 0 Å². The highest BCUT2D eigenvalue weighted by atomic mass is 19.1. The fourth-order valence-electron chi connectivity index (χ4n) is 6.34. The van der Waals surface area contributed by atoms with Crippen LogP contribution < -0.4 is 19.7 Å². The molecule has 11 heteroatoms. The molecule has 10 nitrogen and oxygen atoms in total. The van der Waals surface area contributed by atoms with Gasteiger partial charge in [0, 0.05) is 95.1 Å². The van der Waals surface area contributed by atoms with E-state index in [0.717, 1.165) is 82.4 Å². The number of pyridine rings is 1. The molecule has 5 heterocycles. The third-order valence-corrected chi connectivity index (χ3v) is 8.84. The molecule has 0 radical (unpaired) electrons. The van der Waals surface area contributed by atoms with Crippen LogP contribution in [0.4, 0.5) is 10.2 Å². The number of carbonyl (C=O) groups excluding carboxylic acids is 1. The first kappa shape index (κ1) is 30.2. The second kappa shape index (κ2) is 13.4. The highest BCUT2D eigenvalue weighted by Crippen LogP contribution is 2.35. The Morgan fingerprint density at radius 3 is 2.66 bits per heavy atom. The average molecular weight is 604 g/mol.